The van der Waals surface area contributed by atoms with Crippen LogP contribution in [0.5, 0.6) is 0 Å². The molecule has 0 saturated heterocycles. The lowest BCUT2D eigenvalue weighted by molar-refractivity contribution is -0.120. The maximum atomic E-state index is 11.8. The van der Waals surface area contributed by atoms with Crippen LogP contribution >= 0.6 is 0 Å². The van der Waals surface area contributed by atoms with Gasteiger partial charge < -0.3 is 5.32 Å². The Morgan fingerprint density at radius 3 is 2.73 bits per heavy atom. The molecule has 0 spiro atoms. The highest BCUT2D eigenvalue weighted by Crippen LogP contribution is 2.24. The topological polar surface area (TPSA) is 42.0 Å². The van der Waals surface area contributed by atoms with Crippen molar-refractivity contribution >= 4 is 11.7 Å². The summed E-state index contributed by atoms with van der Waals surface area (Å²) < 4.78 is 0. The van der Waals surface area contributed by atoms with E-state index in [1.165, 1.54) is 19.3 Å². The molecule has 0 atom stereocenters. The van der Waals surface area contributed by atoms with Gasteiger partial charge in [-0.1, -0.05) is 25.3 Å². The number of nitrogens with zero attached hydrogens (tertiary/aromatic N) is 1. The molecule has 1 fully saturated rings. The van der Waals surface area contributed by atoms with E-state index in [1.807, 2.05) is 18.2 Å². The van der Waals surface area contributed by atoms with Gasteiger partial charge in [0.25, 0.3) is 0 Å². The van der Waals surface area contributed by atoms with Crippen LogP contribution in [0.3, 0.4) is 0 Å². The van der Waals surface area contributed by atoms with Gasteiger partial charge in [0.05, 0.1) is 0 Å². The smallest absolute Gasteiger partial charge is 0.228 e. The van der Waals surface area contributed by atoms with Gasteiger partial charge in [-0.2, -0.15) is 0 Å². The Kier molecular flexibility index (Phi) is 3.33. The molecule has 1 heterocycles. The second kappa shape index (κ2) is 4.91. The second-order valence-corrected chi connectivity index (χ2v) is 4.04. The van der Waals surface area contributed by atoms with Crippen LogP contribution in [0.15, 0.2) is 24.4 Å². The van der Waals surface area contributed by atoms with Gasteiger partial charge in [-0.15, -0.1) is 0 Å². The second-order valence-electron chi connectivity index (χ2n) is 4.04. The fraction of sp³-hybridized carbons (Fsp3) is 0.500. The average Bonchev–Trinajstić information content (AvgIpc) is 2.31. The van der Waals surface area contributed by atoms with Crippen molar-refractivity contribution in [3.05, 3.63) is 24.4 Å². The highest BCUT2D eigenvalue weighted by molar-refractivity contribution is 5.91. The normalized spacial score (nSPS) is 17.3. The number of amides is 1. The maximum absolute atomic E-state index is 11.8. The first-order valence-electron chi connectivity index (χ1n) is 5.58. The van der Waals surface area contributed by atoms with Crippen molar-refractivity contribution in [2.75, 3.05) is 5.32 Å². The molecular weight excluding hydrogens is 188 g/mol. The number of carbonyl (C=O) groups excluding carboxylic acids is 1. The first-order valence-corrected chi connectivity index (χ1v) is 5.58. The number of rotatable bonds is 2. The molecule has 0 aromatic carbocycles. The van der Waals surface area contributed by atoms with E-state index in [9.17, 15) is 4.79 Å². The van der Waals surface area contributed by atoms with Crippen LogP contribution in [0.4, 0.5) is 5.82 Å². The zero-order valence-corrected chi connectivity index (χ0v) is 8.78. The number of anilines is 1. The van der Waals surface area contributed by atoms with Crippen LogP contribution < -0.4 is 5.32 Å². The zero-order valence-electron chi connectivity index (χ0n) is 8.78. The minimum absolute atomic E-state index is 0.133. The third kappa shape index (κ3) is 2.78. The Morgan fingerprint density at radius 2 is 2.07 bits per heavy atom. The van der Waals surface area contributed by atoms with Crippen LogP contribution in [0.2, 0.25) is 0 Å². The first kappa shape index (κ1) is 10.1. The summed E-state index contributed by atoms with van der Waals surface area (Å²) >= 11 is 0. The monoisotopic (exact) mass is 204 g/mol. The number of pyridine rings is 1. The molecule has 80 valence electrons. The van der Waals surface area contributed by atoms with Crippen molar-refractivity contribution in [3.63, 3.8) is 0 Å². The van der Waals surface area contributed by atoms with Gasteiger partial charge in [0, 0.05) is 12.1 Å². The largest absolute Gasteiger partial charge is 0.310 e. The molecule has 0 bridgehead atoms. The molecule has 0 unspecified atom stereocenters. The third-order valence-corrected chi connectivity index (χ3v) is 2.89. The summed E-state index contributed by atoms with van der Waals surface area (Å²) in [5.41, 5.74) is 0. The number of nitrogens with one attached hydrogen (secondary N) is 1. The lowest BCUT2D eigenvalue weighted by Gasteiger charge is -2.20. The zero-order chi connectivity index (χ0) is 10.5. The lowest BCUT2D eigenvalue weighted by Crippen LogP contribution is -2.25. The van der Waals surface area contributed by atoms with Gasteiger partial charge in [-0.25, -0.2) is 4.98 Å². The van der Waals surface area contributed by atoms with E-state index in [0.717, 1.165) is 12.8 Å². The summed E-state index contributed by atoms with van der Waals surface area (Å²) in [5, 5.41) is 2.86. The third-order valence-electron chi connectivity index (χ3n) is 2.89. The van der Waals surface area contributed by atoms with E-state index in [-0.39, 0.29) is 11.8 Å². The average molecular weight is 204 g/mol. The molecule has 15 heavy (non-hydrogen) atoms. The number of hydrogen-bond acceptors (Lipinski definition) is 2. The predicted octanol–water partition coefficient (Wildman–Crippen LogP) is 2.60. The van der Waals surface area contributed by atoms with Gasteiger partial charge in [0.2, 0.25) is 5.91 Å². The molecule has 1 amide bonds. The molecule has 3 heteroatoms. The summed E-state index contributed by atoms with van der Waals surface area (Å²) in [5.74, 6) is 0.988. The highest BCUT2D eigenvalue weighted by atomic mass is 16.1. The Balaban J connectivity index is 1.91. The Morgan fingerprint density at radius 1 is 1.27 bits per heavy atom. The van der Waals surface area contributed by atoms with Gasteiger partial charge >= 0.3 is 0 Å². The van der Waals surface area contributed by atoms with Crippen molar-refractivity contribution < 1.29 is 4.79 Å². The molecule has 3 nitrogen and oxygen atoms in total. The van der Waals surface area contributed by atoms with Gasteiger partial charge in [0.1, 0.15) is 5.82 Å². The molecule has 0 aliphatic heterocycles. The van der Waals surface area contributed by atoms with Crippen molar-refractivity contribution in [3.8, 4) is 0 Å². The van der Waals surface area contributed by atoms with E-state index < -0.39 is 0 Å². The fourth-order valence-electron chi connectivity index (χ4n) is 2.03. The van der Waals surface area contributed by atoms with E-state index >= 15 is 0 Å². The SMILES string of the molecule is O=C(Nc1ccccn1)C1CCCCC1. The summed E-state index contributed by atoms with van der Waals surface area (Å²) in [7, 11) is 0. The lowest BCUT2D eigenvalue weighted by atomic mass is 9.89. The molecular formula is C12H16N2O. The predicted molar refractivity (Wildman–Crippen MR) is 59.4 cm³/mol. The van der Waals surface area contributed by atoms with Crippen LogP contribution in [-0.2, 0) is 4.79 Å². The molecule has 1 aliphatic carbocycles. The maximum Gasteiger partial charge on any atom is 0.228 e. The quantitative estimate of drug-likeness (QED) is 0.804. The van der Waals surface area contributed by atoms with Crippen LogP contribution in [-0.4, -0.2) is 10.9 Å². The van der Waals surface area contributed by atoms with Crippen molar-refractivity contribution in [2.24, 2.45) is 5.92 Å². The number of aromatic nitrogens is 1. The minimum atomic E-state index is 0.133. The Bertz CT molecular complexity index is 318. The van der Waals surface area contributed by atoms with Crippen LogP contribution in [0.1, 0.15) is 32.1 Å². The van der Waals surface area contributed by atoms with Gasteiger partial charge in [0.15, 0.2) is 0 Å². The van der Waals surface area contributed by atoms with E-state index in [1.54, 1.807) is 6.20 Å². The van der Waals surface area contributed by atoms with Crippen molar-refractivity contribution in [1.82, 2.24) is 4.98 Å². The molecule has 1 aromatic rings. The number of hydrogen-bond donors (Lipinski definition) is 1. The molecule has 1 N–H and O–H groups in total. The summed E-state index contributed by atoms with van der Waals surface area (Å²) in [6.45, 7) is 0. The fourth-order valence-corrected chi connectivity index (χ4v) is 2.03. The highest BCUT2D eigenvalue weighted by Gasteiger charge is 2.20. The number of carbonyl (C=O) groups is 1. The molecule has 2 rings (SSSR count). The molecule has 0 radical (unpaired) electrons. The Labute approximate surface area is 89.9 Å². The van der Waals surface area contributed by atoms with Crippen LogP contribution in [0.25, 0.3) is 0 Å². The van der Waals surface area contributed by atoms with E-state index in [4.69, 9.17) is 0 Å². The van der Waals surface area contributed by atoms with Crippen LogP contribution in [0, 0.1) is 5.92 Å². The minimum Gasteiger partial charge on any atom is -0.310 e. The van der Waals surface area contributed by atoms with E-state index in [0.29, 0.717) is 5.82 Å². The van der Waals surface area contributed by atoms with E-state index in [2.05, 4.69) is 10.3 Å². The summed E-state index contributed by atoms with van der Waals surface area (Å²) in [4.78, 5) is 15.9. The molecule has 1 aliphatic rings. The standard InChI is InChI=1S/C12H16N2O/c15-12(10-6-2-1-3-7-10)14-11-8-4-5-9-13-11/h4-5,8-10H,1-3,6-7H2,(H,13,14,15). The summed E-state index contributed by atoms with van der Waals surface area (Å²) in [6, 6.07) is 5.54. The Hall–Kier alpha value is -1.38. The molecule has 1 saturated carbocycles. The summed E-state index contributed by atoms with van der Waals surface area (Å²) in [6.07, 6.45) is 7.38. The van der Waals surface area contributed by atoms with Gasteiger partial charge in [-0.05, 0) is 25.0 Å². The van der Waals surface area contributed by atoms with Crippen molar-refractivity contribution in [1.29, 1.82) is 0 Å². The molecule has 1 aromatic heterocycles. The van der Waals surface area contributed by atoms with Crippen molar-refractivity contribution in [2.45, 2.75) is 32.1 Å². The first-order chi connectivity index (χ1) is 7.36. The van der Waals surface area contributed by atoms with Gasteiger partial charge in [-0.3, -0.25) is 4.79 Å².